The summed E-state index contributed by atoms with van der Waals surface area (Å²) in [6.45, 7) is 0. The standard InChI is InChI=1S/C14H14N2O3S/c17-14(10-20-9-11-5-7-15-8-6-11)12-1-3-13(4-2-12)16(18)19/h1-8,14,17H,9-10H2. The topological polar surface area (TPSA) is 76.3 Å². The molecule has 1 unspecified atom stereocenters. The lowest BCUT2D eigenvalue weighted by molar-refractivity contribution is -0.384. The lowest BCUT2D eigenvalue weighted by Crippen LogP contribution is -2.01. The van der Waals surface area contributed by atoms with E-state index in [9.17, 15) is 15.2 Å². The molecule has 0 spiro atoms. The van der Waals surface area contributed by atoms with Crippen molar-refractivity contribution in [3.8, 4) is 0 Å². The molecular formula is C14H14N2O3S. The van der Waals surface area contributed by atoms with Crippen LogP contribution in [0.25, 0.3) is 0 Å². The lowest BCUT2D eigenvalue weighted by atomic mass is 10.1. The van der Waals surface area contributed by atoms with Gasteiger partial charge in [0.25, 0.3) is 5.69 Å². The van der Waals surface area contributed by atoms with Crippen LogP contribution in [0.3, 0.4) is 0 Å². The zero-order valence-electron chi connectivity index (χ0n) is 10.7. The third-order valence-electron chi connectivity index (χ3n) is 2.78. The van der Waals surface area contributed by atoms with Crippen LogP contribution in [0.1, 0.15) is 17.2 Å². The van der Waals surface area contributed by atoms with E-state index in [2.05, 4.69) is 4.98 Å². The number of aromatic nitrogens is 1. The smallest absolute Gasteiger partial charge is 0.269 e. The minimum atomic E-state index is -0.623. The monoisotopic (exact) mass is 290 g/mol. The van der Waals surface area contributed by atoms with E-state index in [4.69, 9.17) is 0 Å². The predicted molar refractivity (Wildman–Crippen MR) is 78.5 cm³/mol. The summed E-state index contributed by atoms with van der Waals surface area (Å²) in [5, 5.41) is 20.6. The summed E-state index contributed by atoms with van der Waals surface area (Å²) in [4.78, 5) is 14.0. The maximum atomic E-state index is 10.5. The zero-order valence-corrected chi connectivity index (χ0v) is 11.5. The number of hydrogen-bond donors (Lipinski definition) is 1. The number of aliphatic hydroxyl groups excluding tert-OH is 1. The second kappa shape index (κ2) is 7.02. The van der Waals surface area contributed by atoms with Crippen LogP contribution in [-0.2, 0) is 5.75 Å². The Labute approximate surface area is 120 Å². The highest BCUT2D eigenvalue weighted by molar-refractivity contribution is 7.98. The van der Waals surface area contributed by atoms with Crippen molar-refractivity contribution in [2.24, 2.45) is 0 Å². The average Bonchev–Trinajstić information content (AvgIpc) is 2.48. The van der Waals surface area contributed by atoms with E-state index in [0.29, 0.717) is 11.3 Å². The van der Waals surface area contributed by atoms with Crippen molar-refractivity contribution < 1.29 is 10.0 Å². The molecule has 2 aromatic rings. The first-order chi connectivity index (χ1) is 9.66. The number of thioether (sulfide) groups is 1. The largest absolute Gasteiger partial charge is 0.388 e. The minimum Gasteiger partial charge on any atom is -0.388 e. The van der Waals surface area contributed by atoms with Gasteiger partial charge in [-0.2, -0.15) is 11.8 Å². The van der Waals surface area contributed by atoms with Crippen molar-refractivity contribution in [3.05, 3.63) is 70.0 Å². The molecule has 1 heterocycles. The van der Waals surface area contributed by atoms with E-state index in [1.54, 1.807) is 36.3 Å². The minimum absolute atomic E-state index is 0.0328. The Morgan fingerprint density at radius 2 is 1.85 bits per heavy atom. The Morgan fingerprint density at radius 3 is 2.45 bits per heavy atom. The van der Waals surface area contributed by atoms with Gasteiger partial charge in [0.15, 0.2) is 0 Å². The molecule has 0 fully saturated rings. The number of benzene rings is 1. The average molecular weight is 290 g/mol. The predicted octanol–water partition coefficient (Wildman–Crippen LogP) is 2.96. The summed E-state index contributed by atoms with van der Waals surface area (Å²) in [5.74, 6) is 1.34. The number of nitro groups is 1. The fourth-order valence-corrected chi connectivity index (χ4v) is 2.64. The number of nitrogens with zero attached hydrogens (tertiary/aromatic N) is 2. The van der Waals surface area contributed by atoms with Crippen LogP contribution >= 0.6 is 11.8 Å². The van der Waals surface area contributed by atoms with Gasteiger partial charge in [-0.25, -0.2) is 0 Å². The fraction of sp³-hybridized carbons (Fsp3) is 0.214. The summed E-state index contributed by atoms with van der Waals surface area (Å²) in [6.07, 6.45) is 2.85. The quantitative estimate of drug-likeness (QED) is 0.654. The summed E-state index contributed by atoms with van der Waals surface area (Å²) in [7, 11) is 0. The highest BCUT2D eigenvalue weighted by Crippen LogP contribution is 2.22. The summed E-state index contributed by atoms with van der Waals surface area (Å²) < 4.78 is 0. The molecule has 0 aliphatic heterocycles. The van der Waals surface area contributed by atoms with Gasteiger partial charge in [0.2, 0.25) is 0 Å². The fourth-order valence-electron chi connectivity index (χ4n) is 1.68. The molecule has 1 atom stereocenters. The van der Waals surface area contributed by atoms with Gasteiger partial charge >= 0.3 is 0 Å². The number of non-ortho nitro benzene ring substituents is 1. The number of pyridine rings is 1. The van der Waals surface area contributed by atoms with Gasteiger partial charge in [0.05, 0.1) is 11.0 Å². The van der Waals surface area contributed by atoms with Gasteiger partial charge in [0.1, 0.15) is 0 Å². The van der Waals surface area contributed by atoms with Crippen molar-refractivity contribution in [2.75, 3.05) is 5.75 Å². The molecule has 5 nitrogen and oxygen atoms in total. The molecule has 6 heteroatoms. The van der Waals surface area contributed by atoms with E-state index in [1.165, 1.54) is 12.1 Å². The van der Waals surface area contributed by atoms with Crippen LogP contribution in [0.2, 0.25) is 0 Å². The first-order valence-electron chi connectivity index (χ1n) is 6.06. The molecule has 0 bridgehead atoms. The number of rotatable bonds is 6. The molecule has 1 N–H and O–H groups in total. The van der Waals surface area contributed by atoms with Gasteiger partial charge in [-0.05, 0) is 35.4 Å². The third-order valence-corrected chi connectivity index (χ3v) is 3.87. The lowest BCUT2D eigenvalue weighted by Gasteiger charge is -2.10. The molecule has 0 amide bonds. The Balaban J connectivity index is 1.85. The van der Waals surface area contributed by atoms with Crippen molar-refractivity contribution >= 4 is 17.4 Å². The second-order valence-corrected chi connectivity index (χ2v) is 5.27. The summed E-state index contributed by atoms with van der Waals surface area (Å²) in [6, 6.07) is 9.88. The van der Waals surface area contributed by atoms with Gasteiger partial charge < -0.3 is 5.11 Å². The first kappa shape index (κ1) is 14.5. The highest BCUT2D eigenvalue weighted by Gasteiger charge is 2.10. The Bertz CT molecular complexity index is 560. The second-order valence-electron chi connectivity index (χ2n) is 4.24. The van der Waals surface area contributed by atoms with Crippen LogP contribution in [0.15, 0.2) is 48.8 Å². The van der Waals surface area contributed by atoms with Gasteiger partial charge in [-0.1, -0.05) is 0 Å². The number of hydrogen-bond acceptors (Lipinski definition) is 5. The van der Waals surface area contributed by atoms with Crippen LogP contribution < -0.4 is 0 Å². The van der Waals surface area contributed by atoms with E-state index in [0.717, 1.165) is 11.3 Å². The van der Waals surface area contributed by atoms with Gasteiger partial charge in [0, 0.05) is 36.0 Å². The molecule has 0 radical (unpaired) electrons. The van der Waals surface area contributed by atoms with E-state index >= 15 is 0 Å². The molecular weight excluding hydrogens is 276 g/mol. The molecule has 0 aliphatic rings. The van der Waals surface area contributed by atoms with Crippen molar-refractivity contribution in [1.29, 1.82) is 0 Å². The number of aliphatic hydroxyl groups is 1. The van der Waals surface area contributed by atoms with E-state index in [-0.39, 0.29) is 5.69 Å². The van der Waals surface area contributed by atoms with Gasteiger partial charge in [-0.15, -0.1) is 0 Å². The zero-order chi connectivity index (χ0) is 14.4. The SMILES string of the molecule is O=[N+]([O-])c1ccc(C(O)CSCc2ccncc2)cc1. The van der Waals surface area contributed by atoms with Crippen LogP contribution in [0.4, 0.5) is 5.69 Å². The molecule has 0 saturated heterocycles. The van der Waals surface area contributed by atoms with Crippen LogP contribution in [0, 0.1) is 10.1 Å². The van der Waals surface area contributed by atoms with E-state index in [1.807, 2.05) is 12.1 Å². The maximum absolute atomic E-state index is 10.5. The summed E-state index contributed by atoms with van der Waals surface area (Å²) >= 11 is 1.61. The molecule has 0 saturated carbocycles. The van der Waals surface area contributed by atoms with Gasteiger partial charge in [-0.3, -0.25) is 15.1 Å². The molecule has 0 aliphatic carbocycles. The van der Waals surface area contributed by atoms with Crippen molar-refractivity contribution in [2.45, 2.75) is 11.9 Å². The normalized spacial score (nSPS) is 12.1. The Hall–Kier alpha value is -1.92. The maximum Gasteiger partial charge on any atom is 0.269 e. The Morgan fingerprint density at radius 1 is 1.20 bits per heavy atom. The number of nitro benzene ring substituents is 1. The molecule has 20 heavy (non-hydrogen) atoms. The Kier molecular flexibility index (Phi) is 5.09. The van der Waals surface area contributed by atoms with Crippen molar-refractivity contribution in [3.63, 3.8) is 0 Å². The van der Waals surface area contributed by atoms with Crippen molar-refractivity contribution in [1.82, 2.24) is 4.98 Å². The summed E-state index contributed by atoms with van der Waals surface area (Å²) in [5.41, 5.74) is 1.88. The van der Waals surface area contributed by atoms with E-state index < -0.39 is 11.0 Å². The highest BCUT2D eigenvalue weighted by atomic mass is 32.2. The molecule has 1 aromatic heterocycles. The third kappa shape index (κ3) is 4.04. The molecule has 104 valence electrons. The van der Waals surface area contributed by atoms with Crippen LogP contribution in [-0.4, -0.2) is 20.8 Å². The van der Waals surface area contributed by atoms with Crippen LogP contribution in [0.5, 0.6) is 0 Å². The first-order valence-corrected chi connectivity index (χ1v) is 7.21. The molecule has 2 rings (SSSR count). The molecule has 1 aromatic carbocycles.